The first-order chi connectivity index (χ1) is 8.90. The number of hydrazine groups is 1. The summed E-state index contributed by atoms with van der Waals surface area (Å²) < 4.78 is 0. The number of carbonyl (C=O) groups excluding carboxylic acids is 2. The van der Waals surface area contributed by atoms with Crippen LogP contribution in [0.25, 0.3) is 0 Å². The summed E-state index contributed by atoms with van der Waals surface area (Å²) >= 11 is 5.67. The highest BCUT2D eigenvalue weighted by Crippen LogP contribution is 2.08. The van der Waals surface area contributed by atoms with Gasteiger partial charge in [-0.15, -0.1) is 0 Å². The molecule has 19 heavy (non-hydrogen) atoms. The third kappa shape index (κ3) is 4.81. The number of aliphatic carboxylic acids is 1. The maximum absolute atomic E-state index is 11.6. The van der Waals surface area contributed by atoms with Crippen molar-refractivity contribution in [3.05, 3.63) is 46.5 Å². The molecule has 100 valence electrons. The molecule has 0 saturated carbocycles. The molecule has 0 unspecified atom stereocenters. The van der Waals surface area contributed by atoms with Gasteiger partial charge in [0.25, 0.3) is 11.8 Å². The van der Waals surface area contributed by atoms with Gasteiger partial charge in [0.05, 0.1) is 0 Å². The van der Waals surface area contributed by atoms with E-state index in [4.69, 9.17) is 16.7 Å². The van der Waals surface area contributed by atoms with Crippen LogP contribution >= 0.6 is 11.6 Å². The minimum atomic E-state index is -1.21. The van der Waals surface area contributed by atoms with Gasteiger partial charge in [-0.25, -0.2) is 4.79 Å². The molecule has 7 heteroatoms. The molecule has 0 aromatic heterocycles. The largest absolute Gasteiger partial charge is 0.478 e. The lowest BCUT2D eigenvalue weighted by Crippen LogP contribution is -2.41. The Balaban J connectivity index is 2.55. The standard InChI is InChI=1S/C12H11ClN2O4/c1-7(12(18)19)6-10(16)14-15-11(17)8-2-4-9(13)5-3-8/h2-6H,1H3,(H,14,16)(H,15,17)(H,18,19). The lowest BCUT2D eigenvalue weighted by molar-refractivity contribution is -0.133. The number of carbonyl (C=O) groups is 3. The number of hydrogen-bond acceptors (Lipinski definition) is 3. The molecule has 0 aliphatic heterocycles. The van der Waals surface area contributed by atoms with Gasteiger partial charge < -0.3 is 5.11 Å². The average molecular weight is 283 g/mol. The van der Waals surface area contributed by atoms with Crippen LogP contribution in [-0.2, 0) is 9.59 Å². The number of carboxylic acids is 1. The molecule has 0 bridgehead atoms. The van der Waals surface area contributed by atoms with Gasteiger partial charge in [-0.2, -0.15) is 0 Å². The molecule has 0 atom stereocenters. The Morgan fingerprint density at radius 2 is 1.74 bits per heavy atom. The van der Waals surface area contributed by atoms with Crippen molar-refractivity contribution in [2.75, 3.05) is 0 Å². The summed E-state index contributed by atoms with van der Waals surface area (Å²) in [5, 5.41) is 9.05. The zero-order valence-electron chi connectivity index (χ0n) is 9.94. The molecule has 0 spiro atoms. The van der Waals surface area contributed by atoms with E-state index in [0.29, 0.717) is 10.6 Å². The van der Waals surface area contributed by atoms with Crippen LogP contribution < -0.4 is 10.9 Å². The van der Waals surface area contributed by atoms with Crippen molar-refractivity contribution >= 4 is 29.4 Å². The van der Waals surface area contributed by atoms with Crippen molar-refractivity contribution in [3.63, 3.8) is 0 Å². The fraction of sp³-hybridized carbons (Fsp3) is 0.0833. The molecular weight excluding hydrogens is 272 g/mol. The van der Waals surface area contributed by atoms with Crippen LogP contribution in [0, 0.1) is 0 Å². The number of carboxylic acid groups (broad SMARTS) is 1. The normalized spacial score (nSPS) is 10.7. The zero-order chi connectivity index (χ0) is 14.4. The molecule has 0 aliphatic rings. The molecular formula is C12H11ClN2O4. The Morgan fingerprint density at radius 3 is 2.26 bits per heavy atom. The van der Waals surface area contributed by atoms with Crippen LogP contribution in [0.15, 0.2) is 35.9 Å². The maximum Gasteiger partial charge on any atom is 0.331 e. The first-order valence-corrected chi connectivity index (χ1v) is 5.55. The Labute approximate surface area is 114 Å². The third-order valence-corrected chi connectivity index (χ3v) is 2.34. The summed E-state index contributed by atoms with van der Waals surface area (Å²) in [4.78, 5) is 33.3. The molecule has 0 fully saturated rings. The number of halogens is 1. The SMILES string of the molecule is CC(=CC(=O)NNC(=O)c1ccc(Cl)cc1)C(=O)O. The summed E-state index contributed by atoms with van der Waals surface area (Å²) in [6.07, 6.45) is 0.866. The van der Waals surface area contributed by atoms with E-state index in [9.17, 15) is 14.4 Å². The van der Waals surface area contributed by atoms with Crippen molar-refractivity contribution in [2.24, 2.45) is 0 Å². The summed E-state index contributed by atoms with van der Waals surface area (Å²) in [5.74, 6) is -2.48. The monoisotopic (exact) mass is 282 g/mol. The topological polar surface area (TPSA) is 95.5 Å². The highest BCUT2D eigenvalue weighted by Gasteiger charge is 2.07. The smallest absolute Gasteiger partial charge is 0.331 e. The molecule has 3 N–H and O–H groups in total. The third-order valence-electron chi connectivity index (χ3n) is 2.09. The molecule has 1 aromatic rings. The molecule has 2 amide bonds. The molecule has 0 saturated heterocycles. The zero-order valence-corrected chi connectivity index (χ0v) is 10.7. The lowest BCUT2D eigenvalue weighted by atomic mass is 10.2. The molecule has 0 radical (unpaired) electrons. The van der Waals surface area contributed by atoms with E-state index in [-0.39, 0.29) is 5.57 Å². The number of nitrogens with one attached hydrogen (secondary N) is 2. The van der Waals surface area contributed by atoms with Gasteiger partial charge in [-0.1, -0.05) is 11.6 Å². The molecule has 1 aromatic carbocycles. The van der Waals surface area contributed by atoms with Crippen LogP contribution in [-0.4, -0.2) is 22.9 Å². The van der Waals surface area contributed by atoms with Gasteiger partial charge >= 0.3 is 5.97 Å². The van der Waals surface area contributed by atoms with Crippen molar-refractivity contribution in [2.45, 2.75) is 6.92 Å². The summed E-state index contributed by atoms with van der Waals surface area (Å²) in [6.45, 7) is 1.27. The highest BCUT2D eigenvalue weighted by atomic mass is 35.5. The number of benzene rings is 1. The van der Waals surface area contributed by atoms with Crippen LogP contribution in [0.3, 0.4) is 0 Å². The van der Waals surface area contributed by atoms with Crippen molar-refractivity contribution < 1.29 is 19.5 Å². The fourth-order valence-electron chi connectivity index (χ4n) is 1.09. The molecule has 1 rings (SSSR count). The van der Waals surface area contributed by atoms with E-state index in [1.54, 1.807) is 0 Å². The van der Waals surface area contributed by atoms with E-state index in [1.165, 1.54) is 31.2 Å². The number of amides is 2. The molecule has 6 nitrogen and oxygen atoms in total. The van der Waals surface area contributed by atoms with Crippen molar-refractivity contribution in [1.29, 1.82) is 0 Å². The molecule has 0 heterocycles. The van der Waals surface area contributed by atoms with Crippen LogP contribution in [0.1, 0.15) is 17.3 Å². The van der Waals surface area contributed by atoms with Crippen molar-refractivity contribution in [3.8, 4) is 0 Å². The summed E-state index contributed by atoms with van der Waals surface area (Å²) in [7, 11) is 0. The van der Waals surface area contributed by atoms with E-state index in [1.807, 2.05) is 0 Å². The lowest BCUT2D eigenvalue weighted by Gasteiger charge is -2.05. The van der Waals surface area contributed by atoms with E-state index < -0.39 is 17.8 Å². The maximum atomic E-state index is 11.6. The fourth-order valence-corrected chi connectivity index (χ4v) is 1.21. The number of hydrogen-bond donors (Lipinski definition) is 3. The van der Waals surface area contributed by atoms with Gasteiger partial charge in [-0.05, 0) is 31.2 Å². The van der Waals surface area contributed by atoms with Gasteiger partial charge in [-0.3, -0.25) is 20.4 Å². The predicted molar refractivity (Wildman–Crippen MR) is 68.5 cm³/mol. The van der Waals surface area contributed by atoms with E-state index in [2.05, 4.69) is 10.9 Å². The first-order valence-electron chi connectivity index (χ1n) is 5.17. The van der Waals surface area contributed by atoms with Crippen LogP contribution in [0.2, 0.25) is 5.02 Å². The summed E-state index contributed by atoms with van der Waals surface area (Å²) in [6, 6.07) is 6.05. The van der Waals surface area contributed by atoms with E-state index in [0.717, 1.165) is 6.08 Å². The Hall–Kier alpha value is -2.34. The highest BCUT2D eigenvalue weighted by molar-refractivity contribution is 6.30. The first kappa shape index (κ1) is 14.7. The second-order valence-corrected chi connectivity index (χ2v) is 4.02. The van der Waals surface area contributed by atoms with Gasteiger partial charge in [0.2, 0.25) is 0 Å². The van der Waals surface area contributed by atoms with Crippen molar-refractivity contribution in [1.82, 2.24) is 10.9 Å². The van der Waals surface area contributed by atoms with Crippen LogP contribution in [0.4, 0.5) is 0 Å². The Kier molecular flexibility index (Phi) is 5.08. The number of rotatable bonds is 3. The second kappa shape index (κ2) is 6.55. The minimum absolute atomic E-state index is 0.141. The van der Waals surface area contributed by atoms with Gasteiger partial charge in [0.1, 0.15) is 0 Å². The minimum Gasteiger partial charge on any atom is -0.478 e. The molecule has 0 aliphatic carbocycles. The van der Waals surface area contributed by atoms with Gasteiger partial charge in [0.15, 0.2) is 0 Å². The van der Waals surface area contributed by atoms with Gasteiger partial charge in [0, 0.05) is 22.2 Å². The second-order valence-electron chi connectivity index (χ2n) is 3.58. The Bertz CT molecular complexity index is 537. The predicted octanol–water partition coefficient (Wildman–Crippen LogP) is 1.13. The summed E-state index contributed by atoms with van der Waals surface area (Å²) in [5.41, 5.74) is 4.38. The van der Waals surface area contributed by atoms with E-state index >= 15 is 0 Å². The average Bonchev–Trinajstić information content (AvgIpc) is 2.36. The Morgan fingerprint density at radius 1 is 1.16 bits per heavy atom. The quantitative estimate of drug-likeness (QED) is 0.572. The van der Waals surface area contributed by atoms with Crippen LogP contribution in [0.5, 0.6) is 0 Å².